The van der Waals surface area contributed by atoms with E-state index in [9.17, 15) is 14.8 Å². The number of ether oxygens (including phenoxy) is 1. The summed E-state index contributed by atoms with van der Waals surface area (Å²) in [5.74, 6) is -0.413. The number of aryl methyl sites for hydroxylation is 1. The Morgan fingerprint density at radius 3 is 2.63 bits per heavy atom. The lowest BCUT2D eigenvalue weighted by Gasteiger charge is -2.17. The number of carbonyl (C=O) groups excluding carboxylic acids is 1. The molecule has 0 spiro atoms. The first kappa shape index (κ1) is 19.0. The van der Waals surface area contributed by atoms with Crippen molar-refractivity contribution in [3.63, 3.8) is 0 Å². The standard InChI is InChI=1S/C20H22BNO5/c1-13-4-3-5-17-15(12-27-20(13)17)11-18(21(24)25)22-19(23)10-14-6-8-16(26-2)9-7-14/h3-9,12,18,24-25H,10-11H2,1-2H3,(H,22,23). The van der Waals surface area contributed by atoms with Crippen LogP contribution in [0.15, 0.2) is 53.1 Å². The molecular formula is C20H22BNO5. The molecule has 0 aliphatic carbocycles. The summed E-state index contributed by atoms with van der Waals surface area (Å²) in [6.45, 7) is 1.95. The van der Waals surface area contributed by atoms with E-state index in [1.807, 2.05) is 25.1 Å². The molecule has 27 heavy (non-hydrogen) atoms. The summed E-state index contributed by atoms with van der Waals surface area (Å²) in [7, 11) is -0.102. The van der Waals surface area contributed by atoms with E-state index in [4.69, 9.17) is 9.15 Å². The molecule has 0 radical (unpaired) electrons. The molecule has 0 bridgehead atoms. The predicted octanol–water partition coefficient (Wildman–Crippen LogP) is 2.03. The number of furan rings is 1. The van der Waals surface area contributed by atoms with Gasteiger partial charge >= 0.3 is 7.12 Å². The van der Waals surface area contributed by atoms with Gasteiger partial charge in [0.2, 0.25) is 5.91 Å². The third-order valence-electron chi connectivity index (χ3n) is 4.55. The van der Waals surface area contributed by atoms with Crippen LogP contribution in [0.1, 0.15) is 16.7 Å². The van der Waals surface area contributed by atoms with E-state index in [0.717, 1.165) is 27.7 Å². The van der Waals surface area contributed by atoms with E-state index in [1.54, 1.807) is 37.6 Å². The summed E-state index contributed by atoms with van der Waals surface area (Å²) in [5, 5.41) is 23.0. The van der Waals surface area contributed by atoms with Crippen LogP contribution < -0.4 is 10.1 Å². The van der Waals surface area contributed by atoms with Crippen molar-refractivity contribution in [3.05, 3.63) is 65.4 Å². The summed E-state index contributed by atoms with van der Waals surface area (Å²) in [6, 6.07) is 12.9. The normalized spacial score (nSPS) is 12.0. The van der Waals surface area contributed by atoms with E-state index in [1.165, 1.54) is 0 Å². The highest BCUT2D eigenvalue weighted by Crippen LogP contribution is 2.25. The van der Waals surface area contributed by atoms with E-state index in [-0.39, 0.29) is 18.7 Å². The molecule has 0 aliphatic heterocycles. The van der Waals surface area contributed by atoms with E-state index >= 15 is 0 Å². The lowest BCUT2D eigenvalue weighted by molar-refractivity contribution is -0.120. The zero-order valence-electron chi connectivity index (χ0n) is 15.3. The number of amides is 1. The number of fused-ring (bicyclic) bond motifs is 1. The average molecular weight is 367 g/mol. The number of carbonyl (C=O) groups is 1. The van der Waals surface area contributed by atoms with Gasteiger partial charge in [0.05, 0.1) is 25.7 Å². The van der Waals surface area contributed by atoms with Crippen molar-refractivity contribution in [2.75, 3.05) is 7.11 Å². The van der Waals surface area contributed by atoms with Crippen molar-refractivity contribution in [1.29, 1.82) is 0 Å². The number of hydrogen-bond donors (Lipinski definition) is 3. The topological polar surface area (TPSA) is 91.9 Å². The van der Waals surface area contributed by atoms with Gasteiger partial charge in [0.1, 0.15) is 11.3 Å². The van der Waals surface area contributed by atoms with E-state index < -0.39 is 13.1 Å². The molecule has 0 fully saturated rings. The smallest absolute Gasteiger partial charge is 0.475 e. The van der Waals surface area contributed by atoms with Crippen LogP contribution in [0.2, 0.25) is 0 Å². The van der Waals surface area contributed by atoms with Crippen molar-refractivity contribution in [2.45, 2.75) is 25.7 Å². The fraction of sp³-hybridized carbons (Fsp3) is 0.250. The molecule has 2 aromatic carbocycles. The second-order valence-electron chi connectivity index (χ2n) is 6.53. The maximum atomic E-state index is 12.3. The van der Waals surface area contributed by atoms with Crippen molar-refractivity contribution in [3.8, 4) is 5.75 Å². The zero-order valence-corrected chi connectivity index (χ0v) is 15.3. The largest absolute Gasteiger partial charge is 0.497 e. The Hall–Kier alpha value is -2.77. The molecule has 0 saturated carbocycles. The molecule has 7 heteroatoms. The SMILES string of the molecule is COc1ccc(CC(=O)NC(Cc2coc3c(C)cccc23)B(O)O)cc1. The van der Waals surface area contributed by atoms with Crippen LogP contribution in [0.5, 0.6) is 5.75 Å². The van der Waals surface area contributed by atoms with E-state index in [2.05, 4.69) is 5.32 Å². The fourth-order valence-electron chi connectivity index (χ4n) is 3.07. The first-order chi connectivity index (χ1) is 13.0. The second kappa shape index (κ2) is 8.29. The number of hydrogen-bond acceptors (Lipinski definition) is 5. The Balaban J connectivity index is 1.69. The van der Waals surface area contributed by atoms with Crippen molar-refractivity contribution >= 4 is 24.0 Å². The van der Waals surface area contributed by atoms with Gasteiger partial charge in [-0.25, -0.2) is 0 Å². The quantitative estimate of drug-likeness (QED) is 0.556. The Labute approximate surface area is 157 Å². The van der Waals surface area contributed by atoms with Gasteiger partial charge in [0.25, 0.3) is 0 Å². The number of para-hydroxylation sites is 1. The minimum atomic E-state index is -1.68. The van der Waals surface area contributed by atoms with Gasteiger partial charge in [-0.15, -0.1) is 0 Å². The lowest BCUT2D eigenvalue weighted by atomic mass is 9.75. The third-order valence-corrected chi connectivity index (χ3v) is 4.55. The van der Waals surface area contributed by atoms with Gasteiger partial charge in [0.15, 0.2) is 0 Å². The molecular weight excluding hydrogens is 345 g/mol. The van der Waals surface area contributed by atoms with Gasteiger partial charge in [-0.2, -0.15) is 0 Å². The molecule has 6 nitrogen and oxygen atoms in total. The summed E-state index contributed by atoms with van der Waals surface area (Å²) < 4.78 is 10.7. The monoisotopic (exact) mass is 367 g/mol. The Bertz CT molecular complexity index is 920. The highest BCUT2D eigenvalue weighted by Gasteiger charge is 2.27. The van der Waals surface area contributed by atoms with Gasteiger partial charge in [-0.3, -0.25) is 4.79 Å². The number of rotatable bonds is 7. The third kappa shape index (κ3) is 4.50. The molecule has 1 unspecified atom stereocenters. The summed E-state index contributed by atoms with van der Waals surface area (Å²) in [5.41, 5.74) is 3.40. The van der Waals surface area contributed by atoms with Gasteiger partial charge in [-0.1, -0.05) is 30.3 Å². The second-order valence-corrected chi connectivity index (χ2v) is 6.53. The molecule has 0 aliphatic rings. The van der Waals surface area contributed by atoms with Crippen molar-refractivity contribution < 1.29 is 24.0 Å². The average Bonchev–Trinajstić information content (AvgIpc) is 3.06. The minimum Gasteiger partial charge on any atom is -0.497 e. The van der Waals surface area contributed by atoms with Crippen LogP contribution in [0.25, 0.3) is 11.0 Å². The summed E-state index contributed by atoms with van der Waals surface area (Å²) >= 11 is 0. The van der Waals surface area contributed by atoms with Gasteiger partial charge in [-0.05, 0) is 42.2 Å². The Kier molecular flexibility index (Phi) is 5.83. The van der Waals surface area contributed by atoms with Crippen molar-refractivity contribution in [1.82, 2.24) is 5.32 Å². The predicted molar refractivity (Wildman–Crippen MR) is 103 cm³/mol. The number of benzene rings is 2. The maximum Gasteiger partial charge on any atom is 0.475 e. The molecule has 1 atom stereocenters. The maximum absolute atomic E-state index is 12.3. The fourth-order valence-corrected chi connectivity index (χ4v) is 3.07. The molecule has 3 aromatic rings. The summed E-state index contributed by atoms with van der Waals surface area (Å²) in [4.78, 5) is 12.3. The van der Waals surface area contributed by atoms with Gasteiger partial charge in [0, 0.05) is 5.39 Å². The van der Waals surface area contributed by atoms with Crippen molar-refractivity contribution in [2.24, 2.45) is 0 Å². The number of methoxy groups -OCH3 is 1. The highest BCUT2D eigenvalue weighted by atomic mass is 16.5. The zero-order chi connectivity index (χ0) is 19.4. The first-order valence-electron chi connectivity index (χ1n) is 8.72. The van der Waals surface area contributed by atoms with Gasteiger partial charge < -0.3 is 24.5 Å². The molecule has 3 N–H and O–H groups in total. The molecule has 3 rings (SSSR count). The molecule has 0 saturated heterocycles. The van der Waals surface area contributed by atoms with Crippen LogP contribution in [-0.2, 0) is 17.6 Å². The minimum absolute atomic E-state index is 0.137. The first-order valence-corrected chi connectivity index (χ1v) is 8.72. The van der Waals surface area contributed by atoms with Crippen LogP contribution in [0.4, 0.5) is 0 Å². The Morgan fingerprint density at radius 2 is 1.96 bits per heavy atom. The number of nitrogens with one attached hydrogen (secondary N) is 1. The van der Waals surface area contributed by atoms with Crippen LogP contribution in [-0.4, -0.2) is 36.1 Å². The summed E-state index contributed by atoms with van der Waals surface area (Å²) in [6.07, 6.45) is 1.99. The van der Waals surface area contributed by atoms with Crippen LogP contribution >= 0.6 is 0 Å². The lowest BCUT2D eigenvalue weighted by Crippen LogP contribution is -2.48. The molecule has 1 heterocycles. The molecule has 140 valence electrons. The Morgan fingerprint density at radius 1 is 1.22 bits per heavy atom. The highest BCUT2D eigenvalue weighted by molar-refractivity contribution is 6.43. The molecule has 1 amide bonds. The van der Waals surface area contributed by atoms with E-state index in [0.29, 0.717) is 5.75 Å². The van der Waals surface area contributed by atoms with Crippen LogP contribution in [0.3, 0.4) is 0 Å². The molecule has 1 aromatic heterocycles. The van der Waals surface area contributed by atoms with Crippen LogP contribution in [0, 0.1) is 6.92 Å².